The molecule has 244 valence electrons. The number of hydrogen-bond acceptors (Lipinski definition) is 2. The summed E-state index contributed by atoms with van der Waals surface area (Å²) in [5.74, 6) is 0. The van der Waals surface area contributed by atoms with Gasteiger partial charge in [0, 0.05) is 38.9 Å². The van der Waals surface area contributed by atoms with E-state index in [1.54, 1.807) is 0 Å². The number of anilines is 6. The minimum absolute atomic E-state index is 0.0426. The molecule has 0 radical (unpaired) electrons. The molecule has 1 aliphatic carbocycles. The molecule has 2 nitrogen and oxygen atoms in total. The number of hydrogen-bond donors (Lipinski definition) is 0. The van der Waals surface area contributed by atoms with Gasteiger partial charge < -0.3 is 9.80 Å². The van der Waals surface area contributed by atoms with Gasteiger partial charge in [0.05, 0.1) is 11.4 Å². The summed E-state index contributed by atoms with van der Waals surface area (Å²) in [6, 6.07) is 52.0. The summed E-state index contributed by atoms with van der Waals surface area (Å²) in [5.41, 5.74) is 13.9. The van der Waals surface area contributed by atoms with Crippen LogP contribution in [0.5, 0.6) is 0 Å². The van der Waals surface area contributed by atoms with E-state index in [0.29, 0.717) is 0 Å². The number of nitrogens with zero attached hydrogens (tertiary/aromatic N) is 2. The summed E-state index contributed by atoms with van der Waals surface area (Å²) < 4.78 is 0. The lowest BCUT2D eigenvalue weighted by Gasteiger charge is -2.37. The highest BCUT2D eigenvalue weighted by Crippen LogP contribution is 2.53. The van der Waals surface area contributed by atoms with Crippen LogP contribution in [0.25, 0.3) is 32.3 Å². The lowest BCUT2D eigenvalue weighted by molar-refractivity contribution is 0.475. The zero-order chi connectivity index (χ0) is 34.1. The SMILES string of the molecule is Cc1ccc(N(c2ccccc2)c2cc(C)c3ccc4c(N(c5ccccc5)c5ccc(C)cc5)cc5c6c(cc2c3c46)C(C)(C)CC5)cc1. The Kier molecular flexibility index (Phi) is 7.00. The smallest absolute Gasteiger partial charge is 0.0543 e. The molecule has 0 aliphatic heterocycles. The van der Waals surface area contributed by atoms with Gasteiger partial charge in [-0.3, -0.25) is 0 Å². The highest BCUT2D eigenvalue weighted by atomic mass is 15.1. The summed E-state index contributed by atoms with van der Waals surface area (Å²) in [5, 5.41) is 8.14. The Bertz CT molecular complexity index is 2510. The Labute approximate surface area is 295 Å². The maximum atomic E-state index is 2.56. The Balaban J connectivity index is 1.43. The van der Waals surface area contributed by atoms with E-state index < -0.39 is 0 Å². The van der Waals surface area contributed by atoms with Crippen LogP contribution in [-0.4, -0.2) is 0 Å². The van der Waals surface area contributed by atoms with Crippen molar-refractivity contribution in [2.75, 3.05) is 9.80 Å². The molecule has 0 heterocycles. The van der Waals surface area contributed by atoms with Gasteiger partial charge in [-0.25, -0.2) is 0 Å². The van der Waals surface area contributed by atoms with E-state index in [1.165, 1.54) is 88.6 Å². The summed E-state index contributed by atoms with van der Waals surface area (Å²) in [6.45, 7) is 11.5. The first kappa shape index (κ1) is 30.5. The molecule has 8 aromatic rings. The van der Waals surface area contributed by atoms with Crippen LogP contribution in [0.15, 0.2) is 140 Å². The van der Waals surface area contributed by atoms with Crippen LogP contribution in [0.4, 0.5) is 34.1 Å². The molecule has 9 rings (SSSR count). The lowest BCUT2D eigenvalue weighted by Crippen LogP contribution is -2.24. The third-order valence-electron chi connectivity index (χ3n) is 11.1. The number of rotatable bonds is 6. The second kappa shape index (κ2) is 11.5. The molecule has 8 aromatic carbocycles. The van der Waals surface area contributed by atoms with Crippen LogP contribution in [0.2, 0.25) is 0 Å². The van der Waals surface area contributed by atoms with E-state index in [0.717, 1.165) is 18.5 Å². The molecule has 0 bridgehead atoms. The van der Waals surface area contributed by atoms with Crippen LogP contribution >= 0.6 is 0 Å². The average Bonchev–Trinajstić information content (AvgIpc) is 3.13. The van der Waals surface area contributed by atoms with Gasteiger partial charge in [-0.1, -0.05) is 97.8 Å². The summed E-state index contributed by atoms with van der Waals surface area (Å²) in [6.07, 6.45) is 2.17. The summed E-state index contributed by atoms with van der Waals surface area (Å²) in [7, 11) is 0. The van der Waals surface area contributed by atoms with Crippen LogP contribution in [0, 0.1) is 20.8 Å². The zero-order valence-corrected chi connectivity index (χ0v) is 29.6. The Morgan fingerprint density at radius 1 is 0.460 bits per heavy atom. The van der Waals surface area contributed by atoms with E-state index in [1.807, 2.05) is 0 Å². The fraction of sp³-hybridized carbons (Fsp3) is 0.167. The predicted octanol–water partition coefficient (Wildman–Crippen LogP) is 13.7. The van der Waals surface area contributed by atoms with E-state index >= 15 is 0 Å². The quantitative estimate of drug-likeness (QED) is 0.166. The molecule has 0 saturated carbocycles. The Hall–Kier alpha value is -5.60. The van der Waals surface area contributed by atoms with Crippen LogP contribution < -0.4 is 9.80 Å². The van der Waals surface area contributed by atoms with Crippen molar-refractivity contribution in [1.82, 2.24) is 0 Å². The third kappa shape index (κ3) is 4.77. The highest BCUT2D eigenvalue weighted by Gasteiger charge is 2.33. The van der Waals surface area contributed by atoms with Gasteiger partial charge in [-0.05, 0) is 139 Å². The van der Waals surface area contributed by atoms with Gasteiger partial charge in [0.15, 0.2) is 0 Å². The molecule has 0 fully saturated rings. The molecule has 0 N–H and O–H groups in total. The van der Waals surface area contributed by atoms with Gasteiger partial charge in [0.25, 0.3) is 0 Å². The minimum Gasteiger partial charge on any atom is -0.310 e. The number of para-hydroxylation sites is 2. The molecular formula is C48H42N2. The van der Waals surface area contributed by atoms with Crippen molar-refractivity contribution in [3.8, 4) is 0 Å². The first-order valence-electron chi connectivity index (χ1n) is 17.9. The van der Waals surface area contributed by atoms with Crippen molar-refractivity contribution in [2.45, 2.75) is 52.9 Å². The van der Waals surface area contributed by atoms with Crippen molar-refractivity contribution >= 4 is 66.4 Å². The molecule has 2 heteroatoms. The standard InChI is InChI=1S/C48H42N2/c1-31-16-20-37(21-17-31)49(35-12-8-6-9-13-35)43-28-33(3)39-24-25-40-44(50(36-14-10-7-11-15-36)38-22-18-32(2)19-23-38)29-34-26-27-48(4,5)42-30-41(43)46(39)47(40)45(34)42/h6-25,28-30H,26-27H2,1-5H3. The fourth-order valence-electron chi connectivity index (χ4n) is 8.40. The van der Waals surface area contributed by atoms with E-state index in [-0.39, 0.29) is 5.41 Å². The van der Waals surface area contributed by atoms with E-state index in [2.05, 4.69) is 184 Å². The topological polar surface area (TPSA) is 6.48 Å². The first-order valence-corrected chi connectivity index (χ1v) is 17.9. The molecule has 1 aliphatic rings. The van der Waals surface area contributed by atoms with Crippen molar-refractivity contribution in [2.24, 2.45) is 0 Å². The second-order valence-corrected chi connectivity index (χ2v) is 14.9. The maximum Gasteiger partial charge on any atom is 0.0543 e. The van der Waals surface area contributed by atoms with E-state index in [9.17, 15) is 0 Å². The molecule has 0 saturated heterocycles. The highest BCUT2D eigenvalue weighted by molar-refractivity contribution is 6.30. The Morgan fingerprint density at radius 3 is 1.52 bits per heavy atom. The molecular weight excluding hydrogens is 605 g/mol. The molecule has 50 heavy (non-hydrogen) atoms. The van der Waals surface area contributed by atoms with Crippen LogP contribution in [0.3, 0.4) is 0 Å². The van der Waals surface area contributed by atoms with Gasteiger partial charge in [0.1, 0.15) is 0 Å². The van der Waals surface area contributed by atoms with Crippen molar-refractivity contribution in [3.05, 3.63) is 167 Å². The fourth-order valence-corrected chi connectivity index (χ4v) is 8.40. The second-order valence-electron chi connectivity index (χ2n) is 14.9. The lowest BCUT2D eigenvalue weighted by atomic mass is 9.70. The average molecular weight is 647 g/mol. The number of benzene rings is 8. The van der Waals surface area contributed by atoms with Gasteiger partial charge in [-0.15, -0.1) is 0 Å². The number of aryl methyl sites for hydroxylation is 4. The molecule has 0 aromatic heterocycles. The van der Waals surface area contributed by atoms with Gasteiger partial charge in [0.2, 0.25) is 0 Å². The van der Waals surface area contributed by atoms with Crippen molar-refractivity contribution in [3.63, 3.8) is 0 Å². The molecule has 0 amide bonds. The van der Waals surface area contributed by atoms with Gasteiger partial charge >= 0.3 is 0 Å². The molecule has 0 atom stereocenters. The zero-order valence-electron chi connectivity index (χ0n) is 29.6. The van der Waals surface area contributed by atoms with Crippen molar-refractivity contribution < 1.29 is 0 Å². The van der Waals surface area contributed by atoms with Crippen LogP contribution in [-0.2, 0) is 11.8 Å². The molecule has 0 unspecified atom stereocenters. The first-order chi connectivity index (χ1) is 24.3. The molecule has 0 spiro atoms. The third-order valence-corrected chi connectivity index (χ3v) is 11.1. The summed E-state index contributed by atoms with van der Waals surface area (Å²) >= 11 is 0. The Morgan fingerprint density at radius 2 is 0.960 bits per heavy atom. The monoisotopic (exact) mass is 646 g/mol. The summed E-state index contributed by atoms with van der Waals surface area (Å²) in [4.78, 5) is 4.93. The minimum atomic E-state index is 0.0426. The van der Waals surface area contributed by atoms with Gasteiger partial charge in [-0.2, -0.15) is 0 Å². The largest absolute Gasteiger partial charge is 0.310 e. The predicted molar refractivity (Wildman–Crippen MR) is 215 cm³/mol. The normalized spacial score (nSPS) is 13.7. The van der Waals surface area contributed by atoms with Crippen LogP contribution in [0.1, 0.15) is 48.1 Å². The van der Waals surface area contributed by atoms with E-state index in [4.69, 9.17) is 0 Å². The maximum absolute atomic E-state index is 2.56. The van der Waals surface area contributed by atoms with Crippen molar-refractivity contribution in [1.29, 1.82) is 0 Å².